The van der Waals surface area contributed by atoms with E-state index >= 15 is 0 Å². The molecule has 5 heteroatoms. The number of piperidine rings is 1. The molecule has 1 heterocycles. The molecule has 1 unspecified atom stereocenters. The minimum atomic E-state index is -0.983. The molecule has 1 fully saturated rings. The lowest BCUT2D eigenvalue weighted by atomic mass is 9.89. The van der Waals surface area contributed by atoms with Gasteiger partial charge in [-0.15, -0.1) is 0 Å². The Morgan fingerprint density at radius 1 is 1.07 bits per heavy atom. The van der Waals surface area contributed by atoms with E-state index in [1.54, 1.807) is 12.1 Å². The number of aryl methyl sites for hydroxylation is 1. The Hall–Kier alpha value is -2.82. The van der Waals surface area contributed by atoms with Crippen molar-refractivity contribution < 1.29 is 14.7 Å². The Balaban J connectivity index is 1.91. The largest absolute Gasteiger partial charge is 0.478 e. The van der Waals surface area contributed by atoms with Gasteiger partial charge in [-0.1, -0.05) is 29.8 Å². The molecule has 0 spiro atoms. The molecule has 142 valence electrons. The molecular formula is C22H26N2O3. The van der Waals surface area contributed by atoms with E-state index in [9.17, 15) is 9.59 Å². The molecule has 1 aliphatic heterocycles. The number of carbonyl (C=O) groups excluding carboxylic acids is 1. The van der Waals surface area contributed by atoms with Crippen LogP contribution in [0.15, 0.2) is 42.5 Å². The van der Waals surface area contributed by atoms with Gasteiger partial charge >= 0.3 is 5.97 Å². The van der Waals surface area contributed by atoms with E-state index in [0.717, 1.165) is 29.8 Å². The lowest BCUT2D eigenvalue weighted by Gasteiger charge is -2.31. The summed E-state index contributed by atoms with van der Waals surface area (Å²) in [5.41, 5.74) is 10.1. The second-order valence-electron chi connectivity index (χ2n) is 7.27. The zero-order valence-electron chi connectivity index (χ0n) is 15.6. The number of hydrogen-bond donors (Lipinski definition) is 2. The van der Waals surface area contributed by atoms with Crippen molar-refractivity contribution in [1.82, 2.24) is 0 Å². The summed E-state index contributed by atoms with van der Waals surface area (Å²) < 4.78 is 0. The maximum absolute atomic E-state index is 12.2. The predicted octanol–water partition coefficient (Wildman–Crippen LogP) is 3.50. The Morgan fingerprint density at radius 3 is 2.33 bits per heavy atom. The first-order valence-electron chi connectivity index (χ1n) is 9.43. The fourth-order valence-electron chi connectivity index (χ4n) is 3.78. The molecule has 5 nitrogen and oxygen atoms in total. The van der Waals surface area contributed by atoms with Crippen LogP contribution in [0.1, 0.15) is 52.2 Å². The average molecular weight is 366 g/mol. The molecule has 1 atom stereocenters. The van der Waals surface area contributed by atoms with Crippen LogP contribution in [0.2, 0.25) is 0 Å². The van der Waals surface area contributed by atoms with Gasteiger partial charge in [0.1, 0.15) is 0 Å². The highest BCUT2D eigenvalue weighted by molar-refractivity contribution is 5.88. The molecule has 0 aromatic heterocycles. The van der Waals surface area contributed by atoms with Crippen LogP contribution < -0.4 is 10.6 Å². The van der Waals surface area contributed by atoms with Crippen LogP contribution in [-0.4, -0.2) is 30.1 Å². The molecule has 3 rings (SSSR count). The van der Waals surface area contributed by atoms with Crippen molar-refractivity contribution in [2.24, 2.45) is 5.73 Å². The molecule has 0 saturated carbocycles. The van der Waals surface area contributed by atoms with Crippen molar-refractivity contribution in [3.63, 3.8) is 0 Å². The van der Waals surface area contributed by atoms with E-state index in [-0.39, 0.29) is 5.56 Å². The fraction of sp³-hybridized carbons (Fsp3) is 0.364. The number of nitrogens with two attached hydrogens (primary N) is 1. The predicted molar refractivity (Wildman–Crippen MR) is 106 cm³/mol. The number of benzene rings is 2. The summed E-state index contributed by atoms with van der Waals surface area (Å²) in [5.74, 6) is -1.87. The van der Waals surface area contributed by atoms with Gasteiger partial charge in [0, 0.05) is 18.8 Å². The first kappa shape index (κ1) is 19.0. The van der Waals surface area contributed by atoms with Crippen LogP contribution >= 0.6 is 0 Å². The number of hydrogen-bond acceptors (Lipinski definition) is 3. The third-order valence-corrected chi connectivity index (χ3v) is 5.26. The monoisotopic (exact) mass is 366 g/mol. The summed E-state index contributed by atoms with van der Waals surface area (Å²) >= 11 is 0. The molecule has 2 aromatic carbocycles. The smallest absolute Gasteiger partial charge is 0.335 e. The Labute approximate surface area is 159 Å². The quantitative estimate of drug-likeness (QED) is 0.820. The van der Waals surface area contributed by atoms with Gasteiger partial charge in [-0.2, -0.15) is 0 Å². The average Bonchev–Trinajstić information content (AvgIpc) is 2.67. The summed E-state index contributed by atoms with van der Waals surface area (Å²) in [5, 5.41) is 9.07. The summed E-state index contributed by atoms with van der Waals surface area (Å²) in [6.45, 7) is 4.11. The molecule has 1 saturated heterocycles. The van der Waals surface area contributed by atoms with Crippen molar-refractivity contribution in [3.8, 4) is 0 Å². The van der Waals surface area contributed by atoms with Crippen LogP contribution in [0.4, 0.5) is 5.69 Å². The number of rotatable bonds is 6. The highest BCUT2D eigenvalue weighted by atomic mass is 16.4. The minimum Gasteiger partial charge on any atom is -0.478 e. The van der Waals surface area contributed by atoms with Crippen molar-refractivity contribution in [3.05, 3.63) is 64.7 Å². The maximum atomic E-state index is 12.2. The minimum absolute atomic E-state index is 0.200. The van der Waals surface area contributed by atoms with Gasteiger partial charge in [-0.05, 0) is 61.9 Å². The maximum Gasteiger partial charge on any atom is 0.335 e. The molecule has 1 amide bonds. The SMILES string of the molecule is Cc1ccc(N2CCCCC2)c(CC(C(N)=O)c2ccc(C(=O)O)cc2)c1. The van der Waals surface area contributed by atoms with Gasteiger partial charge in [-0.3, -0.25) is 4.79 Å². The van der Waals surface area contributed by atoms with Gasteiger partial charge in [0.25, 0.3) is 0 Å². The molecule has 0 radical (unpaired) electrons. The molecular weight excluding hydrogens is 340 g/mol. The molecule has 0 bridgehead atoms. The lowest BCUT2D eigenvalue weighted by molar-refractivity contribution is -0.119. The summed E-state index contributed by atoms with van der Waals surface area (Å²) in [7, 11) is 0. The topological polar surface area (TPSA) is 83.6 Å². The number of carboxylic acid groups (broad SMARTS) is 1. The number of carbonyl (C=O) groups is 2. The van der Waals surface area contributed by atoms with E-state index in [1.165, 1.54) is 37.1 Å². The molecule has 27 heavy (non-hydrogen) atoms. The number of anilines is 1. The zero-order chi connectivity index (χ0) is 19.4. The van der Waals surface area contributed by atoms with Crippen molar-refractivity contribution in [2.75, 3.05) is 18.0 Å². The van der Waals surface area contributed by atoms with Crippen LogP contribution in [0.25, 0.3) is 0 Å². The first-order chi connectivity index (χ1) is 13.0. The van der Waals surface area contributed by atoms with E-state index < -0.39 is 17.8 Å². The third-order valence-electron chi connectivity index (χ3n) is 5.26. The number of aromatic carboxylic acids is 1. The van der Waals surface area contributed by atoms with Gasteiger partial charge in [0.15, 0.2) is 0 Å². The number of nitrogens with zero attached hydrogens (tertiary/aromatic N) is 1. The third kappa shape index (κ3) is 4.48. The molecule has 0 aliphatic carbocycles. The number of amides is 1. The van der Waals surface area contributed by atoms with Crippen molar-refractivity contribution in [2.45, 2.75) is 38.5 Å². The standard InChI is InChI=1S/C22H26N2O3/c1-15-5-10-20(24-11-3-2-4-12-24)18(13-15)14-19(21(23)25)16-6-8-17(9-7-16)22(26)27/h5-10,13,19H,2-4,11-12,14H2,1H3,(H2,23,25)(H,26,27). The van der Waals surface area contributed by atoms with Gasteiger partial charge in [0.05, 0.1) is 11.5 Å². The summed E-state index contributed by atoms with van der Waals surface area (Å²) in [4.78, 5) is 25.6. The van der Waals surface area contributed by atoms with E-state index in [4.69, 9.17) is 10.8 Å². The highest BCUT2D eigenvalue weighted by Gasteiger charge is 2.22. The number of primary amides is 1. The van der Waals surface area contributed by atoms with Crippen molar-refractivity contribution >= 4 is 17.6 Å². The Morgan fingerprint density at radius 2 is 1.74 bits per heavy atom. The van der Waals surface area contributed by atoms with Crippen LogP contribution in [0, 0.1) is 6.92 Å². The Bertz CT molecular complexity index is 824. The number of carboxylic acids is 1. The van der Waals surface area contributed by atoms with Gasteiger partial charge < -0.3 is 15.7 Å². The van der Waals surface area contributed by atoms with Gasteiger partial charge in [-0.25, -0.2) is 4.79 Å². The highest BCUT2D eigenvalue weighted by Crippen LogP contribution is 2.30. The second-order valence-corrected chi connectivity index (χ2v) is 7.27. The van der Waals surface area contributed by atoms with E-state index in [2.05, 4.69) is 23.1 Å². The van der Waals surface area contributed by atoms with E-state index in [1.807, 2.05) is 6.92 Å². The fourth-order valence-corrected chi connectivity index (χ4v) is 3.78. The van der Waals surface area contributed by atoms with Gasteiger partial charge in [0.2, 0.25) is 5.91 Å². The first-order valence-corrected chi connectivity index (χ1v) is 9.43. The molecule has 3 N–H and O–H groups in total. The Kier molecular flexibility index (Phi) is 5.79. The summed E-state index contributed by atoms with van der Waals surface area (Å²) in [6.07, 6.45) is 4.14. The summed E-state index contributed by atoms with van der Waals surface area (Å²) in [6, 6.07) is 12.8. The van der Waals surface area contributed by atoms with E-state index in [0.29, 0.717) is 6.42 Å². The second kappa shape index (κ2) is 8.25. The van der Waals surface area contributed by atoms with Crippen molar-refractivity contribution in [1.29, 1.82) is 0 Å². The normalized spacial score (nSPS) is 15.4. The van der Waals surface area contributed by atoms with Crippen LogP contribution in [0.5, 0.6) is 0 Å². The zero-order valence-corrected chi connectivity index (χ0v) is 15.6. The molecule has 2 aromatic rings. The lowest BCUT2D eigenvalue weighted by Crippen LogP contribution is -2.31. The van der Waals surface area contributed by atoms with Crippen LogP contribution in [-0.2, 0) is 11.2 Å². The molecule has 1 aliphatic rings. The van der Waals surface area contributed by atoms with Crippen LogP contribution in [0.3, 0.4) is 0 Å².